The monoisotopic (exact) mass is 128 g/mol. The highest BCUT2D eigenvalue weighted by Crippen LogP contribution is 1.92. The average molecular weight is 128 g/mol. The molecular weight excluding hydrogens is 122 g/mol. The maximum Gasteiger partial charge on any atom is 0.258 e. The lowest BCUT2D eigenvalue weighted by Crippen LogP contribution is -2.27. The van der Waals surface area contributed by atoms with E-state index in [4.69, 9.17) is 0 Å². The average Bonchev–Trinajstić information content (AvgIpc) is 1.93. The van der Waals surface area contributed by atoms with E-state index in [0.29, 0.717) is 0 Å². The number of hydrogen-bond acceptors (Lipinski definition) is 3. The molecule has 4 heteroatoms. The summed E-state index contributed by atoms with van der Waals surface area (Å²) < 4.78 is 4.62. The molecule has 1 N–H and O–H groups in total. The van der Waals surface area contributed by atoms with Crippen molar-refractivity contribution >= 4 is 11.8 Å². The molecule has 1 aliphatic heterocycles. The molecule has 4 nitrogen and oxygen atoms in total. The Morgan fingerprint density at radius 2 is 2.33 bits per heavy atom. The normalized spacial score (nSPS) is 20.9. The smallest absolute Gasteiger partial charge is 0.258 e. The minimum atomic E-state index is -0.475. The van der Waals surface area contributed by atoms with Crippen LogP contribution in [0, 0.1) is 6.61 Å². The highest BCUT2D eigenvalue weighted by Gasteiger charge is 2.12. The van der Waals surface area contributed by atoms with Gasteiger partial charge in [-0.05, 0) is 0 Å². The Morgan fingerprint density at radius 3 is 3.11 bits per heavy atom. The van der Waals surface area contributed by atoms with Gasteiger partial charge in [0.05, 0.1) is 13.0 Å². The lowest BCUT2D eigenvalue weighted by molar-refractivity contribution is -0.128. The van der Waals surface area contributed by atoms with E-state index in [1.165, 1.54) is 0 Å². The molecule has 0 spiro atoms. The number of nitrogens with one attached hydrogen (secondary N) is 1. The summed E-state index contributed by atoms with van der Waals surface area (Å²) in [5, 5.41) is 2.08. The molecule has 9 heavy (non-hydrogen) atoms. The number of rotatable bonds is 0. The molecule has 0 saturated carbocycles. The van der Waals surface area contributed by atoms with Gasteiger partial charge in [-0.3, -0.25) is 14.9 Å². The van der Waals surface area contributed by atoms with Crippen molar-refractivity contribution in [3.63, 3.8) is 0 Å². The molecule has 0 aromatic rings. The lowest BCUT2D eigenvalue weighted by Gasteiger charge is -1.91. The minimum Gasteiger partial charge on any atom is -0.364 e. The molecule has 1 heterocycles. The summed E-state index contributed by atoms with van der Waals surface area (Å²) in [7, 11) is 0. The van der Waals surface area contributed by atoms with E-state index in [9.17, 15) is 9.59 Å². The maximum atomic E-state index is 10.5. The molecular formula is C5H6NO3. The molecule has 2 amide bonds. The van der Waals surface area contributed by atoms with Gasteiger partial charge in [0.1, 0.15) is 0 Å². The summed E-state index contributed by atoms with van der Waals surface area (Å²) in [4.78, 5) is 20.8. The summed E-state index contributed by atoms with van der Waals surface area (Å²) >= 11 is 0. The summed E-state index contributed by atoms with van der Waals surface area (Å²) in [5.41, 5.74) is 0. The zero-order valence-corrected chi connectivity index (χ0v) is 4.72. The van der Waals surface area contributed by atoms with Gasteiger partial charge in [-0.1, -0.05) is 0 Å². The third-order valence-corrected chi connectivity index (χ3v) is 0.900. The highest BCUT2D eigenvalue weighted by atomic mass is 16.5. The second-order valence-electron chi connectivity index (χ2n) is 1.65. The Hall–Kier alpha value is -0.900. The molecule has 0 atom stereocenters. The van der Waals surface area contributed by atoms with E-state index in [-0.39, 0.29) is 18.9 Å². The fourth-order valence-corrected chi connectivity index (χ4v) is 0.516. The van der Waals surface area contributed by atoms with Gasteiger partial charge in [-0.2, -0.15) is 0 Å². The van der Waals surface area contributed by atoms with Crippen LogP contribution in [0.1, 0.15) is 6.42 Å². The number of imide groups is 1. The molecule has 0 aromatic heterocycles. The van der Waals surface area contributed by atoms with Crippen molar-refractivity contribution < 1.29 is 14.3 Å². The van der Waals surface area contributed by atoms with Crippen LogP contribution >= 0.6 is 0 Å². The standard InChI is InChI=1S/C5H6NO3/c7-4-1-2-9-3-5(8)6-4/h3H,1-2H2,(H,6,7,8). The van der Waals surface area contributed by atoms with Gasteiger partial charge in [0, 0.05) is 0 Å². The van der Waals surface area contributed by atoms with Crippen molar-refractivity contribution in [2.75, 3.05) is 6.61 Å². The van der Waals surface area contributed by atoms with Crippen LogP contribution in [0.3, 0.4) is 0 Å². The largest absolute Gasteiger partial charge is 0.364 e. The molecule has 1 radical (unpaired) electrons. The van der Waals surface area contributed by atoms with Crippen molar-refractivity contribution in [3.05, 3.63) is 6.61 Å². The second kappa shape index (κ2) is 2.59. The van der Waals surface area contributed by atoms with Crippen LogP contribution in [-0.4, -0.2) is 18.4 Å². The van der Waals surface area contributed by atoms with E-state index in [1.807, 2.05) is 0 Å². The fraction of sp³-hybridized carbons (Fsp3) is 0.400. The highest BCUT2D eigenvalue weighted by molar-refractivity contribution is 5.99. The van der Waals surface area contributed by atoms with E-state index in [1.54, 1.807) is 0 Å². The molecule has 49 valence electrons. The summed E-state index contributed by atoms with van der Waals surface area (Å²) in [6.07, 6.45) is 0.252. The van der Waals surface area contributed by atoms with Gasteiger partial charge >= 0.3 is 0 Å². The number of hydrogen-bond donors (Lipinski definition) is 1. The Bertz CT molecular complexity index is 127. The number of amides is 2. The van der Waals surface area contributed by atoms with Crippen molar-refractivity contribution in [1.82, 2.24) is 5.32 Å². The van der Waals surface area contributed by atoms with Crippen molar-refractivity contribution in [3.8, 4) is 0 Å². The van der Waals surface area contributed by atoms with Gasteiger partial charge in [-0.25, -0.2) is 0 Å². The first-order valence-corrected chi connectivity index (χ1v) is 2.57. The molecule has 0 aliphatic carbocycles. The van der Waals surface area contributed by atoms with Crippen LogP contribution in [0.5, 0.6) is 0 Å². The van der Waals surface area contributed by atoms with Crippen LogP contribution in [0.25, 0.3) is 0 Å². The molecule has 0 aromatic carbocycles. The molecule has 1 aliphatic rings. The predicted molar refractivity (Wildman–Crippen MR) is 28.0 cm³/mol. The molecule has 1 saturated heterocycles. The third-order valence-electron chi connectivity index (χ3n) is 0.900. The van der Waals surface area contributed by atoms with Gasteiger partial charge in [0.15, 0.2) is 6.61 Å². The molecule has 1 fully saturated rings. The SMILES string of the molecule is O=C1[CH]OCCC(=O)N1. The minimum absolute atomic E-state index is 0.252. The van der Waals surface area contributed by atoms with Gasteiger partial charge in [-0.15, -0.1) is 0 Å². The van der Waals surface area contributed by atoms with Gasteiger partial charge in [0.2, 0.25) is 5.91 Å². The molecule has 0 unspecified atom stereocenters. The van der Waals surface area contributed by atoms with Crippen LogP contribution in [0.4, 0.5) is 0 Å². The first-order chi connectivity index (χ1) is 4.29. The molecule has 0 bridgehead atoms. The Balaban J connectivity index is 2.47. The lowest BCUT2D eigenvalue weighted by atomic mass is 10.4. The van der Waals surface area contributed by atoms with Crippen LogP contribution in [0.2, 0.25) is 0 Å². The number of carbonyl (C=O) groups excluding carboxylic acids is 2. The van der Waals surface area contributed by atoms with Crippen molar-refractivity contribution in [2.45, 2.75) is 6.42 Å². The second-order valence-corrected chi connectivity index (χ2v) is 1.65. The van der Waals surface area contributed by atoms with Crippen molar-refractivity contribution in [1.29, 1.82) is 0 Å². The van der Waals surface area contributed by atoms with E-state index in [0.717, 1.165) is 6.61 Å². The van der Waals surface area contributed by atoms with Gasteiger partial charge < -0.3 is 4.74 Å². The van der Waals surface area contributed by atoms with E-state index in [2.05, 4.69) is 10.1 Å². The predicted octanol–water partition coefficient (Wildman–Crippen LogP) is -0.789. The van der Waals surface area contributed by atoms with Crippen molar-refractivity contribution in [2.24, 2.45) is 0 Å². The number of carbonyl (C=O) groups is 2. The fourth-order valence-electron chi connectivity index (χ4n) is 0.516. The van der Waals surface area contributed by atoms with Crippen LogP contribution in [0.15, 0.2) is 0 Å². The summed E-state index contributed by atoms with van der Waals surface area (Å²) in [5.74, 6) is -0.758. The third kappa shape index (κ3) is 1.81. The van der Waals surface area contributed by atoms with E-state index < -0.39 is 5.91 Å². The summed E-state index contributed by atoms with van der Waals surface area (Å²) in [6.45, 7) is 1.29. The maximum absolute atomic E-state index is 10.5. The first-order valence-electron chi connectivity index (χ1n) is 2.57. The zero-order chi connectivity index (χ0) is 6.69. The molecule has 1 rings (SSSR count). The zero-order valence-electron chi connectivity index (χ0n) is 4.72. The van der Waals surface area contributed by atoms with Gasteiger partial charge in [0.25, 0.3) is 5.91 Å². The van der Waals surface area contributed by atoms with Crippen LogP contribution < -0.4 is 5.32 Å². The first kappa shape index (κ1) is 6.22. The number of ether oxygens (including phenoxy) is 1. The van der Waals surface area contributed by atoms with E-state index >= 15 is 0 Å². The Kier molecular flexibility index (Phi) is 1.79. The Labute approximate surface area is 52.2 Å². The summed E-state index contributed by atoms with van der Waals surface area (Å²) in [6, 6.07) is 0. The topological polar surface area (TPSA) is 55.4 Å². The Morgan fingerprint density at radius 1 is 1.56 bits per heavy atom. The van der Waals surface area contributed by atoms with Crippen LogP contribution in [-0.2, 0) is 14.3 Å². The quantitative estimate of drug-likeness (QED) is 0.435.